The Morgan fingerprint density at radius 2 is 2.00 bits per heavy atom. The van der Waals surface area contributed by atoms with E-state index in [1.165, 1.54) is 6.54 Å². The summed E-state index contributed by atoms with van der Waals surface area (Å²) < 4.78 is 0. The molecule has 1 N–H and O–H groups in total. The van der Waals surface area contributed by atoms with Crippen molar-refractivity contribution in [3.8, 4) is 0 Å². The molecule has 0 amide bonds. The van der Waals surface area contributed by atoms with Crippen LogP contribution in [0.5, 0.6) is 0 Å². The molecule has 0 spiro atoms. The monoisotopic (exact) mass is 156 g/mol. The van der Waals surface area contributed by atoms with Crippen LogP contribution in [0.2, 0.25) is 0 Å². The zero-order valence-electron chi connectivity index (χ0n) is 8.15. The van der Waals surface area contributed by atoms with Crippen molar-refractivity contribution in [3.05, 3.63) is 0 Å². The number of hydrogen-bond acceptors (Lipinski definition) is 2. The highest BCUT2D eigenvalue weighted by atomic mass is 15.3. The number of hydrogen-bond donors (Lipinski definition) is 1. The van der Waals surface area contributed by atoms with Crippen molar-refractivity contribution in [1.82, 2.24) is 10.2 Å². The summed E-state index contributed by atoms with van der Waals surface area (Å²) in [5, 5.41) is 3.39. The second-order valence-electron chi connectivity index (χ2n) is 4.42. The van der Waals surface area contributed by atoms with Gasteiger partial charge in [0.1, 0.15) is 0 Å². The zero-order chi connectivity index (χ0) is 8.48. The standard InChI is InChI=1S/C9H20N2/c1-8-7-10-5-6-11(8)9(2,3)4/h8,10H,5-7H2,1-4H3/t8-/m0/s1. The first-order valence-corrected chi connectivity index (χ1v) is 4.49. The zero-order valence-corrected chi connectivity index (χ0v) is 8.15. The average Bonchev–Trinajstić information content (AvgIpc) is 1.86. The second kappa shape index (κ2) is 3.11. The van der Waals surface area contributed by atoms with Crippen molar-refractivity contribution >= 4 is 0 Å². The maximum atomic E-state index is 3.39. The Kier molecular flexibility index (Phi) is 2.55. The molecule has 1 atom stereocenters. The molecular weight excluding hydrogens is 136 g/mol. The van der Waals surface area contributed by atoms with E-state index < -0.39 is 0 Å². The minimum atomic E-state index is 0.335. The van der Waals surface area contributed by atoms with Gasteiger partial charge in [-0.2, -0.15) is 0 Å². The Hall–Kier alpha value is -0.0800. The normalized spacial score (nSPS) is 28.9. The fraction of sp³-hybridized carbons (Fsp3) is 1.00. The molecule has 0 aliphatic carbocycles. The van der Waals surface area contributed by atoms with Gasteiger partial charge < -0.3 is 5.32 Å². The summed E-state index contributed by atoms with van der Waals surface area (Å²) in [6.07, 6.45) is 0. The molecule has 0 saturated carbocycles. The van der Waals surface area contributed by atoms with Gasteiger partial charge in [-0.3, -0.25) is 4.90 Å². The molecule has 0 aromatic carbocycles. The van der Waals surface area contributed by atoms with Crippen LogP contribution in [0.4, 0.5) is 0 Å². The van der Waals surface area contributed by atoms with Gasteiger partial charge in [0, 0.05) is 31.2 Å². The number of rotatable bonds is 0. The lowest BCUT2D eigenvalue weighted by molar-refractivity contribution is 0.0704. The first-order chi connectivity index (χ1) is 5.02. The van der Waals surface area contributed by atoms with Gasteiger partial charge in [0.2, 0.25) is 0 Å². The summed E-state index contributed by atoms with van der Waals surface area (Å²) in [6, 6.07) is 0.684. The smallest absolute Gasteiger partial charge is 0.0198 e. The highest BCUT2D eigenvalue weighted by Gasteiger charge is 2.27. The van der Waals surface area contributed by atoms with E-state index in [9.17, 15) is 0 Å². The molecule has 0 aromatic heterocycles. The average molecular weight is 156 g/mol. The predicted molar refractivity (Wildman–Crippen MR) is 48.8 cm³/mol. The van der Waals surface area contributed by atoms with E-state index in [1.54, 1.807) is 0 Å². The summed E-state index contributed by atoms with van der Waals surface area (Å²) in [4.78, 5) is 2.56. The molecule has 66 valence electrons. The molecule has 11 heavy (non-hydrogen) atoms. The van der Waals surface area contributed by atoms with E-state index in [4.69, 9.17) is 0 Å². The topological polar surface area (TPSA) is 15.3 Å². The van der Waals surface area contributed by atoms with Gasteiger partial charge in [-0.05, 0) is 27.7 Å². The number of nitrogens with one attached hydrogen (secondary N) is 1. The Labute approximate surface area is 70.0 Å². The molecule has 0 unspecified atom stereocenters. The Morgan fingerprint density at radius 1 is 1.36 bits per heavy atom. The second-order valence-corrected chi connectivity index (χ2v) is 4.42. The molecule has 1 aliphatic rings. The number of piperazine rings is 1. The summed E-state index contributed by atoms with van der Waals surface area (Å²) in [7, 11) is 0. The van der Waals surface area contributed by atoms with Crippen LogP contribution in [0, 0.1) is 0 Å². The summed E-state index contributed by atoms with van der Waals surface area (Å²) in [5.41, 5.74) is 0.335. The van der Waals surface area contributed by atoms with Crippen LogP contribution >= 0.6 is 0 Å². The van der Waals surface area contributed by atoms with Crippen LogP contribution in [0.15, 0.2) is 0 Å². The third-order valence-electron chi connectivity index (χ3n) is 2.36. The van der Waals surface area contributed by atoms with Gasteiger partial charge in [0.15, 0.2) is 0 Å². The van der Waals surface area contributed by atoms with Crippen LogP contribution in [-0.2, 0) is 0 Å². The third kappa shape index (κ3) is 2.17. The summed E-state index contributed by atoms with van der Waals surface area (Å²) in [6.45, 7) is 12.6. The lowest BCUT2D eigenvalue weighted by Crippen LogP contribution is -2.56. The highest BCUT2D eigenvalue weighted by Crippen LogP contribution is 2.17. The van der Waals surface area contributed by atoms with E-state index in [0.29, 0.717) is 11.6 Å². The van der Waals surface area contributed by atoms with Crippen LogP contribution < -0.4 is 5.32 Å². The van der Waals surface area contributed by atoms with E-state index in [2.05, 4.69) is 37.9 Å². The third-order valence-corrected chi connectivity index (χ3v) is 2.36. The van der Waals surface area contributed by atoms with Crippen LogP contribution in [0.25, 0.3) is 0 Å². The largest absolute Gasteiger partial charge is 0.314 e. The quantitative estimate of drug-likeness (QED) is 0.564. The van der Waals surface area contributed by atoms with Gasteiger partial charge in [0.05, 0.1) is 0 Å². The molecule has 2 nitrogen and oxygen atoms in total. The molecular formula is C9H20N2. The molecule has 0 aromatic rings. The molecule has 1 aliphatic heterocycles. The van der Waals surface area contributed by atoms with E-state index in [1.807, 2.05) is 0 Å². The van der Waals surface area contributed by atoms with Crippen LogP contribution in [0.1, 0.15) is 27.7 Å². The van der Waals surface area contributed by atoms with Gasteiger partial charge >= 0.3 is 0 Å². The van der Waals surface area contributed by atoms with Gasteiger partial charge in [-0.15, -0.1) is 0 Å². The first-order valence-electron chi connectivity index (χ1n) is 4.49. The van der Waals surface area contributed by atoms with Crippen molar-refractivity contribution < 1.29 is 0 Å². The molecule has 1 fully saturated rings. The Balaban J connectivity index is 2.55. The minimum absolute atomic E-state index is 0.335. The number of nitrogens with zero attached hydrogens (tertiary/aromatic N) is 1. The molecule has 1 heterocycles. The summed E-state index contributed by atoms with van der Waals surface area (Å²) >= 11 is 0. The summed E-state index contributed by atoms with van der Waals surface area (Å²) in [5.74, 6) is 0. The lowest BCUT2D eigenvalue weighted by Gasteiger charge is -2.43. The van der Waals surface area contributed by atoms with Crippen LogP contribution in [-0.4, -0.2) is 36.1 Å². The van der Waals surface area contributed by atoms with E-state index >= 15 is 0 Å². The first kappa shape index (κ1) is 9.01. The lowest BCUT2D eigenvalue weighted by atomic mass is 10.0. The minimum Gasteiger partial charge on any atom is -0.314 e. The SMILES string of the molecule is C[C@H]1CNCCN1C(C)(C)C. The molecule has 1 saturated heterocycles. The molecule has 2 heteroatoms. The highest BCUT2D eigenvalue weighted by molar-refractivity contribution is 4.85. The van der Waals surface area contributed by atoms with Gasteiger partial charge in [-0.25, -0.2) is 0 Å². The van der Waals surface area contributed by atoms with E-state index in [0.717, 1.165) is 13.1 Å². The van der Waals surface area contributed by atoms with Crippen molar-refractivity contribution in [2.45, 2.75) is 39.3 Å². The Bertz CT molecular complexity index is 126. The van der Waals surface area contributed by atoms with Gasteiger partial charge in [-0.1, -0.05) is 0 Å². The molecule has 1 rings (SSSR count). The molecule has 0 radical (unpaired) electrons. The molecule has 0 bridgehead atoms. The van der Waals surface area contributed by atoms with E-state index in [-0.39, 0.29) is 0 Å². The van der Waals surface area contributed by atoms with Crippen molar-refractivity contribution in [2.24, 2.45) is 0 Å². The van der Waals surface area contributed by atoms with Crippen LogP contribution in [0.3, 0.4) is 0 Å². The van der Waals surface area contributed by atoms with Crippen molar-refractivity contribution in [1.29, 1.82) is 0 Å². The van der Waals surface area contributed by atoms with Crippen molar-refractivity contribution in [2.75, 3.05) is 19.6 Å². The Morgan fingerprint density at radius 3 is 2.36 bits per heavy atom. The predicted octanol–water partition coefficient (Wildman–Crippen LogP) is 1.08. The fourth-order valence-corrected chi connectivity index (χ4v) is 1.84. The maximum absolute atomic E-state index is 3.39. The fourth-order valence-electron chi connectivity index (χ4n) is 1.84. The van der Waals surface area contributed by atoms with Crippen molar-refractivity contribution in [3.63, 3.8) is 0 Å². The maximum Gasteiger partial charge on any atom is 0.0198 e. The van der Waals surface area contributed by atoms with Gasteiger partial charge in [0.25, 0.3) is 0 Å².